The summed E-state index contributed by atoms with van der Waals surface area (Å²) in [6, 6.07) is 14.7. The van der Waals surface area contributed by atoms with Gasteiger partial charge in [-0.3, -0.25) is 0 Å². The molecule has 0 aromatic heterocycles. The Morgan fingerprint density at radius 3 is 3.05 bits per heavy atom. The molecule has 0 spiro atoms. The molecule has 2 heterocycles. The normalized spacial score (nSPS) is 19.8. The molecule has 2 aromatic carbocycles. The van der Waals surface area contributed by atoms with E-state index in [4.69, 9.17) is 10.5 Å². The van der Waals surface area contributed by atoms with Crippen LogP contribution in [0.25, 0.3) is 0 Å². The number of hydrogen-bond acceptors (Lipinski definition) is 3. The summed E-state index contributed by atoms with van der Waals surface area (Å²) in [5.74, 6) is 1.50. The van der Waals surface area contributed by atoms with Gasteiger partial charge in [-0.25, -0.2) is 0 Å². The van der Waals surface area contributed by atoms with Crippen LogP contribution >= 0.6 is 0 Å². The molecule has 0 radical (unpaired) electrons. The van der Waals surface area contributed by atoms with Crippen LogP contribution in [0.2, 0.25) is 0 Å². The minimum Gasteiger partial charge on any atom is -0.493 e. The molecular formula is C18H20N2O. The number of rotatable bonds is 2. The summed E-state index contributed by atoms with van der Waals surface area (Å²) in [5, 5.41) is 0. The second kappa shape index (κ2) is 4.99. The van der Waals surface area contributed by atoms with E-state index in [0.29, 0.717) is 5.92 Å². The molecule has 0 amide bonds. The Labute approximate surface area is 125 Å². The molecule has 0 saturated carbocycles. The van der Waals surface area contributed by atoms with E-state index in [9.17, 15) is 0 Å². The zero-order chi connectivity index (χ0) is 14.2. The first-order valence-corrected chi connectivity index (χ1v) is 7.66. The minimum atomic E-state index is 0.452. The smallest absolute Gasteiger partial charge is 0.122 e. The molecule has 108 valence electrons. The molecule has 2 aliphatic rings. The van der Waals surface area contributed by atoms with Crippen LogP contribution in [-0.2, 0) is 6.42 Å². The van der Waals surface area contributed by atoms with Crippen molar-refractivity contribution in [2.45, 2.75) is 18.8 Å². The van der Waals surface area contributed by atoms with E-state index in [1.54, 1.807) is 0 Å². The maximum Gasteiger partial charge on any atom is 0.122 e. The second-order valence-electron chi connectivity index (χ2n) is 5.98. The molecule has 3 heteroatoms. The first kappa shape index (κ1) is 12.6. The molecule has 1 unspecified atom stereocenters. The SMILES string of the molecule is Nc1ccc2c(c1)N(CC1COc3ccccc31)CCC2. The summed E-state index contributed by atoms with van der Waals surface area (Å²) in [4.78, 5) is 2.48. The Morgan fingerprint density at radius 1 is 1.19 bits per heavy atom. The highest BCUT2D eigenvalue weighted by atomic mass is 16.5. The monoisotopic (exact) mass is 280 g/mol. The first-order valence-electron chi connectivity index (χ1n) is 7.66. The van der Waals surface area contributed by atoms with Crippen molar-refractivity contribution < 1.29 is 4.74 Å². The largest absolute Gasteiger partial charge is 0.493 e. The quantitative estimate of drug-likeness (QED) is 0.859. The van der Waals surface area contributed by atoms with E-state index in [-0.39, 0.29) is 0 Å². The lowest BCUT2D eigenvalue weighted by Crippen LogP contribution is -2.33. The molecule has 3 nitrogen and oxygen atoms in total. The van der Waals surface area contributed by atoms with Gasteiger partial charge in [0.05, 0.1) is 6.61 Å². The van der Waals surface area contributed by atoms with E-state index >= 15 is 0 Å². The van der Waals surface area contributed by atoms with E-state index in [0.717, 1.165) is 37.6 Å². The van der Waals surface area contributed by atoms with Gasteiger partial charge in [-0.05, 0) is 36.6 Å². The van der Waals surface area contributed by atoms with Crippen molar-refractivity contribution >= 4 is 11.4 Å². The van der Waals surface area contributed by atoms with Gasteiger partial charge in [-0.15, -0.1) is 0 Å². The van der Waals surface area contributed by atoms with Crippen molar-refractivity contribution in [1.29, 1.82) is 0 Å². The number of nitrogens with two attached hydrogens (primary N) is 1. The predicted octanol–water partition coefficient (Wildman–Crippen LogP) is 3.20. The Bertz CT molecular complexity index is 668. The van der Waals surface area contributed by atoms with Gasteiger partial charge in [0, 0.05) is 35.9 Å². The van der Waals surface area contributed by atoms with Crippen molar-refractivity contribution in [3.63, 3.8) is 0 Å². The van der Waals surface area contributed by atoms with Crippen LogP contribution in [0.3, 0.4) is 0 Å². The van der Waals surface area contributed by atoms with E-state index in [2.05, 4.69) is 35.2 Å². The van der Waals surface area contributed by atoms with Crippen LogP contribution < -0.4 is 15.4 Å². The van der Waals surface area contributed by atoms with Crippen molar-refractivity contribution in [3.05, 3.63) is 53.6 Å². The maximum atomic E-state index is 5.98. The number of ether oxygens (including phenoxy) is 1. The van der Waals surface area contributed by atoms with Crippen LogP contribution in [-0.4, -0.2) is 19.7 Å². The average Bonchev–Trinajstić information content (AvgIpc) is 2.91. The molecule has 1 atom stereocenters. The number of benzene rings is 2. The summed E-state index contributed by atoms with van der Waals surface area (Å²) < 4.78 is 5.81. The molecule has 2 aromatic rings. The Kier molecular flexibility index (Phi) is 2.99. The molecule has 0 bridgehead atoms. The first-order chi connectivity index (χ1) is 10.3. The molecule has 0 fully saturated rings. The summed E-state index contributed by atoms with van der Waals surface area (Å²) in [6.07, 6.45) is 2.37. The van der Waals surface area contributed by atoms with Gasteiger partial charge in [0.1, 0.15) is 5.75 Å². The van der Waals surface area contributed by atoms with Crippen LogP contribution in [0.1, 0.15) is 23.5 Å². The van der Waals surface area contributed by atoms with Crippen molar-refractivity contribution in [3.8, 4) is 5.75 Å². The number of fused-ring (bicyclic) bond motifs is 2. The lowest BCUT2D eigenvalue weighted by atomic mass is 9.96. The molecular weight excluding hydrogens is 260 g/mol. The molecule has 0 aliphatic carbocycles. The van der Waals surface area contributed by atoms with Gasteiger partial charge in [-0.2, -0.15) is 0 Å². The predicted molar refractivity (Wildman–Crippen MR) is 86.1 cm³/mol. The maximum absolute atomic E-state index is 5.98. The van der Waals surface area contributed by atoms with Crippen LogP contribution in [0.4, 0.5) is 11.4 Å². The summed E-state index contributed by atoms with van der Waals surface area (Å²) in [5.41, 5.74) is 10.9. The highest BCUT2D eigenvalue weighted by Crippen LogP contribution is 2.36. The average molecular weight is 280 g/mol. The Balaban J connectivity index is 1.61. The zero-order valence-electron chi connectivity index (χ0n) is 12.1. The third-order valence-corrected chi connectivity index (χ3v) is 4.56. The second-order valence-corrected chi connectivity index (χ2v) is 5.98. The Morgan fingerprint density at radius 2 is 2.10 bits per heavy atom. The molecule has 2 N–H and O–H groups in total. The minimum absolute atomic E-state index is 0.452. The fraction of sp³-hybridized carbons (Fsp3) is 0.333. The molecule has 0 saturated heterocycles. The third kappa shape index (κ3) is 2.23. The van der Waals surface area contributed by atoms with Crippen LogP contribution in [0.15, 0.2) is 42.5 Å². The van der Waals surface area contributed by atoms with Gasteiger partial charge >= 0.3 is 0 Å². The number of nitrogens with zero attached hydrogens (tertiary/aromatic N) is 1. The lowest BCUT2D eigenvalue weighted by Gasteiger charge is -2.33. The van der Waals surface area contributed by atoms with E-state index < -0.39 is 0 Å². The molecule has 2 aliphatic heterocycles. The van der Waals surface area contributed by atoms with Crippen LogP contribution in [0.5, 0.6) is 5.75 Å². The summed E-state index contributed by atoms with van der Waals surface area (Å²) in [7, 11) is 0. The van der Waals surface area contributed by atoms with Crippen LogP contribution in [0, 0.1) is 0 Å². The topological polar surface area (TPSA) is 38.5 Å². The summed E-state index contributed by atoms with van der Waals surface area (Å²) in [6.45, 7) is 2.90. The number of aryl methyl sites for hydroxylation is 1. The number of nitrogen functional groups attached to an aromatic ring is 1. The molecule has 4 rings (SSSR count). The van der Waals surface area contributed by atoms with Gasteiger partial charge in [0.15, 0.2) is 0 Å². The third-order valence-electron chi connectivity index (χ3n) is 4.56. The van der Waals surface area contributed by atoms with Crippen molar-refractivity contribution in [2.75, 3.05) is 30.3 Å². The molecule has 21 heavy (non-hydrogen) atoms. The highest BCUT2D eigenvalue weighted by Gasteiger charge is 2.27. The number of hydrogen-bond donors (Lipinski definition) is 1. The standard InChI is InChI=1S/C18H20N2O/c19-15-8-7-13-4-3-9-20(17(13)10-15)11-14-12-21-18-6-2-1-5-16(14)18/h1-2,5-8,10,14H,3-4,9,11-12,19H2. The summed E-state index contributed by atoms with van der Waals surface area (Å²) >= 11 is 0. The number of para-hydroxylation sites is 1. The van der Waals surface area contributed by atoms with E-state index in [1.165, 1.54) is 23.2 Å². The highest BCUT2D eigenvalue weighted by molar-refractivity contribution is 5.63. The lowest BCUT2D eigenvalue weighted by molar-refractivity contribution is 0.330. The van der Waals surface area contributed by atoms with Crippen molar-refractivity contribution in [1.82, 2.24) is 0 Å². The van der Waals surface area contributed by atoms with Crippen molar-refractivity contribution in [2.24, 2.45) is 0 Å². The zero-order valence-corrected chi connectivity index (χ0v) is 12.1. The van der Waals surface area contributed by atoms with Gasteiger partial charge in [-0.1, -0.05) is 24.3 Å². The van der Waals surface area contributed by atoms with Gasteiger partial charge in [0.25, 0.3) is 0 Å². The number of anilines is 2. The fourth-order valence-corrected chi connectivity index (χ4v) is 3.50. The van der Waals surface area contributed by atoms with Gasteiger partial charge < -0.3 is 15.4 Å². The van der Waals surface area contributed by atoms with Gasteiger partial charge in [0.2, 0.25) is 0 Å². The fourth-order valence-electron chi connectivity index (χ4n) is 3.50. The van der Waals surface area contributed by atoms with E-state index in [1.807, 2.05) is 12.1 Å². The Hall–Kier alpha value is -2.16.